The summed E-state index contributed by atoms with van der Waals surface area (Å²) in [5.74, 6) is 1.42. The van der Waals surface area contributed by atoms with Gasteiger partial charge in [-0.05, 0) is 37.1 Å². The summed E-state index contributed by atoms with van der Waals surface area (Å²) in [4.78, 5) is 14.9. The molecule has 1 unspecified atom stereocenters. The lowest BCUT2D eigenvalue weighted by atomic mass is 10.1. The van der Waals surface area contributed by atoms with Crippen LogP contribution in [0.15, 0.2) is 53.3 Å². The molecular formula is C20H19N5O. The van der Waals surface area contributed by atoms with Gasteiger partial charge in [-0.2, -0.15) is 0 Å². The monoisotopic (exact) mass is 345 g/mol. The zero-order valence-corrected chi connectivity index (χ0v) is 14.8. The van der Waals surface area contributed by atoms with E-state index in [2.05, 4.69) is 46.3 Å². The molecule has 0 fully saturated rings. The first kappa shape index (κ1) is 15.1. The van der Waals surface area contributed by atoms with Crippen LogP contribution in [0.1, 0.15) is 18.3 Å². The van der Waals surface area contributed by atoms with Crippen LogP contribution < -0.4 is 10.5 Å². The van der Waals surface area contributed by atoms with E-state index in [-0.39, 0.29) is 5.56 Å². The fourth-order valence-corrected chi connectivity index (χ4v) is 4.02. The molecule has 1 aliphatic heterocycles. The Morgan fingerprint density at radius 2 is 1.85 bits per heavy atom. The van der Waals surface area contributed by atoms with Gasteiger partial charge in [0.25, 0.3) is 5.56 Å². The second-order valence-electron chi connectivity index (χ2n) is 6.94. The maximum atomic E-state index is 12.6. The minimum absolute atomic E-state index is 0.0491. The van der Waals surface area contributed by atoms with E-state index < -0.39 is 0 Å². The van der Waals surface area contributed by atoms with Gasteiger partial charge in [0.05, 0.1) is 17.4 Å². The van der Waals surface area contributed by atoms with Crippen LogP contribution in [0.4, 0.5) is 5.69 Å². The van der Waals surface area contributed by atoms with Crippen LogP contribution in [0, 0.1) is 0 Å². The number of hydrogen-bond acceptors (Lipinski definition) is 4. The van der Waals surface area contributed by atoms with E-state index in [4.69, 9.17) is 0 Å². The molecule has 1 aliphatic rings. The number of para-hydroxylation sites is 2. The number of aryl methyl sites for hydroxylation is 1. The largest absolute Gasteiger partial charge is 0.361 e. The van der Waals surface area contributed by atoms with Crippen molar-refractivity contribution in [2.24, 2.45) is 7.05 Å². The highest BCUT2D eigenvalue weighted by Crippen LogP contribution is 2.33. The summed E-state index contributed by atoms with van der Waals surface area (Å²) < 4.78 is 3.57. The topological polar surface area (TPSA) is 55.4 Å². The first-order valence-electron chi connectivity index (χ1n) is 8.81. The highest BCUT2D eigenvalue weighted by atomic mass is 16.1. The zero-order valence-electron chi connectivity index (χ0n) is 14.8. The van der Waals surface area contributed by atoms with Crippen molar-refractivity contribution in [1.82, 2.24) is 19.2 Å². The van der Waals surface area contributed by atoms with Gasteiger partial charge < -0.3 is 4.90 Å². The fourth-order valence-electron chi connectivity index (χ4n) is 4.02. The van der Waals surface area contributed by atoms with Crippen LogP contribution in [-0.2, 0) is 20.0 Å². The molecule has 0 amide bonds. The minimum Gasteiger partial charge on any atom is -0.361 e. The Morgan fingerprint density at radius 1 is 1.08 bits per heavy atom. The van der Waals surface area contributed by atoms with E-state index in [0.717, 1.165) is 17.8 Å². The molecule has 5 rings (SSSR count). The number of benzene rings is 2. The Morgan fingerprint density at radius 3 is 2.73 bits per heavy atom. The molecular weight excluding hydrogens is 326 g/mol. The maximum absolute atomic E-state index is 12.6. The average molecular weight is 345 g/mol. The third kappa shape index (κ3) is 2.02. The van der Waals surface area contributed by atoms with Gasteiger partial charge in [-0.25, -0.2) is 0 Å². The van der Waals surface area contributed by atoms with Crippen LogP contribution in [0.5, 0.6) is 0 Å². The van der Waals surface area contributed by atoms with Crippen LogP contribution in [-0.4, -0.2) is 25.2 Å². The standard InChI is InChI=1S/C20H19N5O/c1-13-11-14-7-3-5-9-16(14)24(13)12-18-21-22-20-23(2)19(26)15-8-4-6-10-17(15)25(18)20/h3-10,13H,11-12H2,1-2H3. The summed E-state index contributed by atoms with van der Waals surface area (Å²) in [6, 6.07) is 16.6. The van der Waals surface area contributed by atoms with Crippen molar-refractivity contribution in [3.05, 3.63) is 70.3 Å². The molecule has 3 heterocycles. The first-order chi connectivity index (χ1) is 12.6. The molecule has 0 saturated heterocycles. The van der Waals surface area contributed by atoms with Gasteiger partial charge in [-0.3, -0.25) is 13.8 Å². The van der Waals surface area contributed by atoms with Crippen LogP contribution >= 0.6 is 0 Å². The normalized spacial score (nSPS) is 16.5. The number of fused-ring (bicyclic) bond motifs is 4. The number of hydrogen-bond donors (Lipinski definition) is 0. The third-order valence-corrected chi connectivity index (χ3v) is 5.35. The van der Waals surface area contributed by atoms with E-state index in [0.29, 0.717) is 23.8 Å². The Bertz CT molecular complexity index is 1210. The Kier molecular flexibility index (Phi) is 3.16. The van der Waals surface area contributed by atoms with Gasteiger partial charge in [0.2, 0.25) is 5.78 Å². The van der Waals surface area contributed by atoms with E-state index in [9.17, 15) is 4.79 Å². The van der Waals surface area contributed by atoms with E-state index >= 15 is 0 Å². The lowest BCUT2D eigenvalue weighted by Crippen LogP contribution is -2.30. The molecule has 6 heteroatoms. The molecule has 0 bridgehead atoms. The molecule has 6 nitrogen and oxygen atoms in total. The summed E-state index contributed by atoms with van der Waals surface area (Å²) in [7, 11) is 1.75. The lowest BCUT2D eigenvalue weighted by Gasteiger charge is -2.24. The summed E-state index contributed by atoms with van der Waals surface area (Å²) in [5, 5.41) is 9.41. The predicted molar refractivity (Wildman–Crippen MR) is 102 cm³/mol. The molecule has 0 saturated carbocycles. The highest BCUT2D eigenvalue weighted by molar-refractivity contribution is 5.80. The molecule has 130 valence electrons. The molecule has 0 N–H and O–H groups in total. The third-order valence-electron chi connectivity index (χ3n) is 5.35. The van der Waals surface area contributed by atoms with Gasteiger partial charge in [-0.15, -0.1) is 10.2 Å². The van der Waals surface area contributed by atoms with Gasteiger partial charge in [0.15, 0.2) is 5.82 Å². The Balaban J connectivity index is 1.71. The molecule has 26 heavy (non-hydrogen) atoms. The highest BCUT2D eigenvalue weighted by Gasteiger charge is 2.27. The van der Waals surface area contributed by atoms with Gasteiger partial charge in [0.1, 0.15) is 0 Å². The van der Waals surface area contributed by atoms with Crippen molar-refractivity contribution in [2.45, 2.75) is 25.9 Å². The number of anilines is 1. The lowest BCUT2D eigenvalue weighted by molar-refractivity contribution is 0.652. The van der Waals surface area contributed by atoms with Crippen molar-refractivity contribution in [3.8, 4) is 0 Å². The van der Waals surface area contributed by atoms with Crippen LogP contribution in [0.2, 0.25) is 0 Å². The fraction of sp³-hybridized carbons (Fsp3) is 0.250. The average Bonchev–Trinajstić information content (AvgIpc) is 3.22. The molecule has 4 aromatic rings. The zero-order chi connectivity index (χ0) is 17.8. The maximum Gasteiger partial charge on any atom is 0.262 e. The Hall–Kier alpha value is -3.15. The minimum atomic E-state index is -0.0491. The van der Waals surface area contributed by atoms with Crippen molar-refractivity contribution in [3.63, 3.8) is 0 Å². The molecule has 1 atom stereocenters. The van der Waals surface area contributed by atoms with Gasteiger partial charge >= 0.3 is 0 Å². The molecule has 2 aromatic heterocycles. The van der Waals surface area contributed by atoms with Gasteiger partial charge in [-0.1, -0.05) is 30.3 Å². The van der Waals surface area contributed by atoms with E-state index in [1.165, 1.54) is 11.3 Å². The predicted octanol–water partition coefficient (Wildman–Crippen LogP) is 2.53. The molecule has 0 spiro atoms. The van der Waals surface area contributed by atoms with Crippen molar-refractivity contribution >= 4 is 22.4 Å². The quantitative estimate of drug-likeness (QED) is 0.560. The molecule has 2 aromatic carbocycles. The number of rotatable bonds is 2. The summed E-state index contributed by atoms with van der Waals surface area (Å²) in [6.07, 6.45) is 1.03. The summed E-state index contributed by atoms with van der Waals surface area (Å²) >= 11 is 0. The summed E-state index contributed by atoms with van der Waals surface area (Å²) in [6.45, 7) is 2.89. The second kappa shape index (κ2) is 5.42. The van der Waals surface area contributed by atoms with Crippen molar-refractivity contribution in [2.75, 3.05) is 4.90 Å². The summed E-state index contributed by atoms with van der Waals surface area (Å²) in [5.41, 5.74) is 3.43. The smallest absolute Gasteiger partial charge is 0.262 e. The van der Waals surface area contributed by atoms with Gasteiger partial charge in [0, 0.05) is 18.8 Å². The van der Waals surface area contributed by atoms with Crippen LogP contribution in [0.3, 0.4) is 0 Å². The SMILES string of the molecule is CC1Cc2ccccc2N1Cc1nnc2n(C)c(=O)c3ccccc3n12. The molecule has 0 radical (unpaired) electrons. The van der Waals surface area contributed by atoms with E-state index in [1.807, 2.05) is 28.7 Å². The van der Waals surface area contributed by atoms with Crippen molar-refractivity contribution < 1.29 is 0 Å². The number of nitrogens with zero attached hydrogens (tertiary/aromatic N) is 5. The van der Waals surface area contributed by atoms with E-state index in [1.54, 1.807) is 11.6 Å². The van der Waals surface area contributed by atoms with Crippen molar-refractivity contribution in [1.29, 1.82) is 0 Å². The number of aromatic nitrogens is 4. The first-order valence-corrected chi connectivity index (χ1v) is 8.81. The Labute approximate surface area is 150 Å². The van der Waals surface area contributed by atoms with Crippen LogP contribution in [0.25, 0.3) is 16.7 Å². The molecule has 0 aliphatic carbocycles. The second-order valence-corrected chi connectivity index (χ2v) is 6.94.